The van der Waals surface area contributed by atoms with Gasteiger partial charge in [-0.15, -0.1) is 5.10 Å². The van der Waals surface area contributed by atoms with Crippen LogP contribution in [0.25, 0.3) is 17.1 Å². The lowest BCUT2D eigenvalue weighted by molar-refractivity contribution is 0.160. The molecule has 1 aromatic heterocycles. The summed E-state index contributed by atoms with van der Waals surface area (Å²) < 4.78 is 10.1. The largest absolute Gasteiger partial charge is 0.497 e. The molecule has 168 valence electrons. The van der Waals surface area contributed by atoms with Crippen LogP contribution in [0.4, 0.5) is 0 Å². The molecule has 0 bridgehead atoms. The van der Waals surface area contributed by atoms with E-state index >= 15 is 0 Å². The molecule has 33 heavy (non-hydrogen) atoms. The summed E-state index contributed by atoms with van der Waals surface area (Å²) in [5, 5.41) is 4.98. The van der Waals surface area contributed by atoms with Crippen molar-refractivity contribution in [3.63, 3.8) is 0 Å². The molecule has 2 heterocycles. The molecule has 0 radical (unpaired) electrons. The van der Waals surface area contributed by atoms with Gasteiger partial charge in [-0.3, -0.25) is 9.47 Å². The van der Waals surface area contributed by atoms with Crippen molar-refractivity contribution in [3.05, 3.63) is 95.3 Å². The van der Waals surface area contributed by atoms with Crippen molar-refractivity contribution in [2.45, 2.75) is 25.4 Å². The van der Waals surface area contributed by atoms with E-state index in [9.17, 15) is 0 Å². The van der Waals surface area contributed by atoms with Crippen molar-refractivity contribution in [2.24, 2.45) is 0 Å². The molecule has 0 unspecified atom stereocenters. The molecule has 5 rings (SSSR count). The molecule has 6 heteroatoms. The van der Waals surface area contributed by atoms with Crippen molar-refractivity contribution >= 4 is 12.2 Å². The molecule has 1 saturated heterocycles. The van der Waals surface area contributed by atoms with Gasteiger partial charge in [0.2, 0.25) is 4.77 Å². The fourth-order valence-corrected chi connectivity index (χ4v) is 4.85. The highest BCUT2D eigenvalue weighted by Gasteiger charge is 2.22. The third-order valence-electron chi connectivity index (χ3n) is 6.39. The van der Waals surface area contributed by atoms with Crippen LogP contribution in [0.1, 0.15) is 24.3 Å². The first-order valence-corrected chi connectivity index (χ1v) is 11.8. The second-order valence-electron chi connectivity index (χ2n) is 8.45. The number of piperidine rings is 1. The normalized spacial score (nSPS) is 14.9. The maximum atomic E-state index is 5.92. The number of hydrogen-bond donors (Lipinski definition) is 0. The molecule has 1 aliphatic rings. The Labute approximate surface area is 199 Å². The van der Waals surface area contributed by atoms with E-state index in [1.165, 1.54) is 5.56 Å². The summed E-state index contributed by atoms with van der Waals surface area (Å²) in [6.45, 7) is 2.78. The number of hydrogen-bond acceptors (Lipinski definition) is 4. The standard InChI is InChI=1S/C27H28N4OS/c1-32-25-14-12-23(13-15-25)26-28-30(27(33)31(26)24-10-6-3-7-11-24)20-29-18-16-22(17-19-29)21-8-4-2-5-9-21/h2-15,22H,16-20H2,1H3. The lowest BCUT2D eigenvalue weighted by Crippen LogP contribution is -2.34. The van der Waals surface area contributed by atoms with Crippen molar-refractivity contribution in [1.82, 2.24) is 19.2 Å². The molecule has 1 fully saturated rings. The lowest BCUT2D eigenvalue weighted by atomic mass is 9.90. The Balaban J connectivity index is 1.41. The quantitative estimate of drug-likeness (QED) is 0.338. The fraction of sp³-hybridized carbons (Fsp3) is 0.259. The number of likely N-dealkylation sites (tertiary alicyclic amines) is 1. The molecule has 0 spiro atoms. The number of nitrogens with zero attached hydrogens (tertiary/aromatic N) is 4. The van der Waals surface area contributed by atoms with Crippen LogP contribution in [-0.4, -0.2) is 39.4 Å². The van der Waals surface area contributed by atoms with Crippen molar-refractivity contribution in [2.75, 3.05) is 20.2 Å². The number of aromatic nitrogens is 3. The van der Waals surface area contributed by atoms with Gasteiger partial charge in [0.05, 0.1) is 13.8 Å². The Bertz CT molecular complexity index is 1240. The SMILES string of the molecule is COc1ccc(-c2nn(CN3CCC(c4ccccc4)CC3)c(=S)n2-c2ccccc2)cc1. The Morgan fingerprint density at radius 3 is 2.15 bits per heavy atom. The van der Waals surface area contributed by atoms with E-state index in [0.717, 1.165) is 48.8 Å². The molecule has 3 aromatic carbocycles. The average molecular weight is 457 g/mol. The molecule has 0 aliphatic carbocycles. The maximum Gasteiger partial charge on any atom is 0.204 e. The zero-order valence-electron chi connectivity index (χ0n) is 18.8. The predicted octanol–water partition coefficient (Wildman–Crippen LogP) is 5.92. The van der Waals surface area contributed by atoms with Gasteiger partial charge in [-0.05, 0) is 72.9 Å². The summed E-state index contributed by atoms with van der Waals surface area (Å²) in [6, 6.07) is 29.1. The van der Waals surface area contributed by atoms with E-state index < -0.39 is 0 Å². The summed E-state index contributed by atoms with van der Waals surface area (Å²) in [5.41, 5.74) is 3.47. The predicted molar refractivity (Wildman–Crippen MR) is 134 cm³/mol. The fourth-order valence-electron chi connectivity index (χ4n) is 4.56. The van der Waals surface area contributed by atoms with Gasteiger partial charge in [0, 0.05) is 24.3 Å². The van der Waals surface area contributed by atoms with Gasteiger partial charge >= 0.3 is 0 Å². The van der Waals surface area contributed by atoms with Crippen LogP contribution < -0.4 is 4.74 Å². The number of para-hydroxylation sites is 1. The Morgan fingerprint density at radius 2 is 1.52 bits per heavy atom. The van der Waals surface area contributed by atoms with Crippen molar-refractivity contribution < 1.29 is 4.74 Å². The molecule has 0 saturated carbocycles. The molecule has 0 atom stereocenters. The highest BCUT2D eigenvalue weighted by molar-refractivity contribution is 7.71. The molecule has 0 amide bonds. The highest BCUT2D eigenvalue weighted by Crippen LogP contribution is 2.29. The lowest BCUT2D eigenvalue weighted by Gasteiger charge is -2.31. The Hall–Kier alpha value is -3.22. The van der Waals surface area contributed by atoms with E-state index in [0.29, 0.717) is 17.4 Å². The van der Waals surface area contributed by atoms with Crippen molar-refractivity contribution in [3.8, 4) is 22.8 Å². The van der Waals surface area contributed by atoms with E-state index in [4.69, 9.17) is 22.1 Å². The third kappa shape index (κ3) is 4.63. The minimum Gasteiger partial charge on any atom is -0.497 e. The average Bonchev–Trinajstić information content (AvgIpc) is 3.21. The zero-order chi connectivity index (χ0) is 22.6. The first-order valence-electron chi connectivity index (χ1n) is 11.4. The summed E-state index contributed by atoms with van der Waals surface area (Å²) in [6.07, 6.45) is 2.31. The van der Waals surface area contributed by atoms with Gasteiger partial charge in [-0.2, -0.15) is 0 Å². The molecule has 4 aromatic rings. The monoisotopic (exact) mass is 456 g/mol. The van der Waals surface area contributed by atoms with Crippen LogP contribution in [0.2, 0.25) is 0 Å². The van der Waals surface area contributed by atoms with Crippen LogP contribution in [0.5, 0.6) is 5.75 Å². The van der Waals surface area contributed by atoms with E-state index in [-0.39, 0.29) is 0 Å². The first-order chi connectivity index (χ1) is 16.2. The number of benzene rings is 3. The van der Waals surface area contributed by atoms with Crippen molar-refractivity contribution in [1.29, 1.82) is 0 Å². The van der Waals surface area contributed by atoms with Crippen LogP contribution in [0, 0.1) is 4.77 Å². The van der Waals surface area contributed by atoms with E-state index in [1.807, 2.05) is 47.1 Å². The van der Waals surface area contributed by atoms with Gasteiger partial charge in [-0.1, -0.05) is 48.5 Å². The summed E-state index contributed by atoms with van der Waals surface area (Å²) >= 11 is 5.92. The molecule has 1 aliphatic heterocycles. The van der Waals surface area contributed by atoms with Gasteiger partial charge in [0.1, 0.15) is 5.75 Å². The number of methoxy groups -OCH3 is 1. The minimum absolute atomic E-state index is 0.632. The Kier molecular flexibility index (Phi) is 6.37. The summed E-state index contributed by atoms with van der Waals surface area (Å²) in [4.78, 5) is 2.45. The van der Waals surface area contributed by atoms with Gasteiger partial charge in [0.15, 0.2) is 5.82 Å². The molecule has 0 N–H and O–H groups in total. The van der Waals surface area contributed by atoms with E-state index in [2.05, 4.69) is 51.9 Å². The zero-order valence-corrected chi connectivity index (χ0v) is 19.6. The van der Waals surface area contributed by atoms with Crippen LogP contribution in [0.15, 0.2) is 84.9 Å². The molecular formula is C27H28N4OS. The van der Waals surface area contributed by atoms with E-state index in [1.54, 1.807) is 7.11 Å². The summed E-state index contributed by atoms with van der Waals surface area (Å²) in [5.74, 6) is 2.30. The maximum absolute atomic E-state index is 5.92. The van der Waals surface area contributed by atoms with Crippen LogP contribution in [-0.2, 0) is 6.67 Å². The molecular weight excluding hydrogens is 428 g/mol. The molecule has 5 nitrogen and oxygen atoms in total. The Morgan fingerprint density at radius 1 is 0.879 bits per heavy atom. The second-order valence-corrected chi connectivity index (χ2v) is 8.81. The third-order valence-corrected chi connectivity index (χ3v) is 6.79. The second kappa shape index (κ2) is 9.73. The van der Waals surface area contributed by atoms with Gasteiger partial charge in [0.25, 0.3) is 0 Å². The topological polar surface area (TPSA) is 35.2 Å². The highest BCUT2D eigenvalue weighted by atomic mass is 32.1. The number of rotatable bonds is 6. The number of ether oxygens (including phenoxy) is 1. The minimum atomic E-state index is 0.632. The summed E-state index contributed by atoms with van der Waals surface area (Å²) in [7, 11) is 1.68. The van der Waals surface area contributed by atoms with Crippen LogP contribution >= 0.6 is 12.2 Å². The van der Waals surface area contributed by atoms with Gasteiger partial charge < -0.3 is 4.74 Å². The van der Waals surface area contributed by atoms with Crippen LogP contribution in [0.3, 0.4) is 0 Å². The smallest absolute Gasteiger partial charge is 0.204 e. The van der Waals surface area contributed by atoms with Gasteiger partial charge in [-0.25, -0.2) is 4.68 Å². The first kappa shape index (κ1) is 21.6.